The molecule has 0 saturated carbocycles. The van der Waals surface area contributed by atoms with E-state index in [0.717, 1.165) is 20.6 Å². The van der Waals surface area contributed by atoms with E-state index >= 15 is 0 Å². The van der Waals surface area contributed by atoms with E-state index < -0.39 is 0 Å². The van der Waals surface area contributed by atoms with E-state index in [1.165, 1.54) is 29.0 Å². The molecule has 1 aromatic rings. The van der Waals surface area contributed by atoms with Gasteiger partial charge >= 0.3 is 0 Å². The van der Waals surface area contributed by atoms with E-state index in [4.69, 9.17) is 24.4 Å². The zero-order valence-electron chi connectivity index (χ0n) is 5.85. The second-order valence-corrected chi connectivity index (χ2v) is 4.97. The second-order valence-electron chi connectivity index (χ2n) is 2.61. The van der Waals surface area contributed by atoms with Gasteiger partial charge in [0.15, 0.2) is 3.95 Å². The molecule has 0 fully saturated rings. The molecule has 0 amide bonds. The molecule has 0 radical (unpaired) electrons. The zero-order chi connectivity index (χ0) is 7.84. The van der Waals surface area contributed by atoms with E-state index in [0.29, 0.717) is 0 Å². The van der Waals surface area contributed by atoms with Crippen molar-refractivity contribution in [2.45, 2.75) is 19.3 Å². The van der Waals surface area contributed by atoms with Gasteiger partial charge < -0.3 is 4.98 Å². The van der Waals surface area contributed by atoms with Crippen LogP contribution in [-0.4, -0.2) is 4.98 Å². The molecule has 58 valence electrons. The first-order valence-corrected chi connectivity index (χ1v) is 5.16. The van der Waals surface area contributed by atoms with Crippen molar-refractivity contribution in [1.29, 1.82) is 0 Å². The average molecular weight is 201 g/mol. The van der Waals surface area contributed by atoms with Crippen LogP contribution in [0.5, 0.6) is 0 Å². The SMILES string of the molecule is S=c1[nH]c2c(c(=S)s1)CCC2. The molecular weight excluding hydrogens is 194 g/mol. The first kappa shape index (κ1) is 7.58. The fourth-order valence-electron chi connectivity index (χ4n) is 1.40. The highest BCUT2D eigenvalue weighted by atomic mass is 32.2. The summed E-state index contributed by atoms with van der Waals surface area (Å²) in [6.45, 7) is 0. The quantitative estimate of drug-likeness (QED) is 0.649. The Kier molecular flexibility index (Phi) is 1.91. The van der Waals surface area contributed by atoms with Crippen LogP contribution in [0.1, 0.15) is 17.7 Å². The van der Waals surface area contributed by atoms with Gasteiger partial charge in [-0.05, 0) is 37.0 Å². The molecule has 0 atom stereocenters. The van der Waals surface area contributed by atoms with Crippen LogP contribution in [0.4, 0.5) is 0 Å². The number of nitrogens with one attached hydrogen (secondary N) is 1. The molecule has 1 aliphatic carbocycles. The highest BCUT2D eigenvalue weighted by Crippen LogP contribution is 2.22. The van der Waals surface area contributed by atoms with Gasteiger partial charge in [0.2, 0.25) is 0 Å². The van der Waals surface area contributed by atoms with Crippen LogP contribution in [0.15, 0.2) is 0 Å². The zero-order valence-corrected chi connectivity index (χ0v) is 8.30. The van der Waals surface area contributed by atoms with Crippen LogP contribution in [0, 0.1) is 7.78 Å². The Morgan fingerprint density at radius 3 is 2.91 bits per heavy atom. The maximum Gasteiger partial charge on any atom is 0.159 e. The predicted octanol–water partition coefficient (Wildman–Crippen LogP) is 3.02. The van der Waals surface area contributed by atoms with E-state index in [1.54, 1.807) is 0 Å². The molecule has 4 heteroatoms. The molecule has 1 nitrogen and oxygen atoms in total. The van der Waals surface area contributed by atoms with E-state index in [2.05, 4.69) is 4.98 Å². The number of hydrogen-bond donors (Lipinski definition) is 1. The lowest BCUT2D eigenvalue weighted by Crippen LogP contribution is -1.86. The topological polar surface area (TPSA) is 15.8 Å². The molecule has 1 N–H and O–H groups in total. The number of aryl methyl sites for hydroxylation is 1. The molecular formula is C7H7NS3. The molecule has 0 aliphatic heterocycles. The smallest absolute Gasteiger partial charge is 0.159 e. The van der Waals surface area contributed by atoms with Crippen molar-refractivity contribution >= 4 is 35.8 Å². The third kappa shape index (κ3) is 1.30. The van der Waals surface area contributed by atoms with Gasteiger partial charge in [0, 0.05) is 5.69 Å². The Labute approximate surface area is 79.1 Å². The summed E-state index contributed by atoms with van der Waals surface area (Å²) in [6.07, 6.45) is 3.48. The molecule has 11 heavy (non-hydrogen) atoms. The van der Waals surface area contributed by atoms with Crippen molar-refractivity contribution in [2.24, 2.45) is 0 Å². The molecule has 0 saturated heterocycles. The fourth-order valence-corrected chi connectivity index (χ4v) is 3.10. The number of hydrogen-bond acceptors (Lipinski definition) is 3. The van der Waals surface area contributed by atoms with Crippen LogP contribution in [-0.2, 0) is 12.8 Å². The summed E-state index contributed by atoms with van der Waals surface area (Å²) in [4.78, 5) is 3.20. The first-order valence-electron chi connectivity index (χ1n) is 3.52. The molecule has 1 heterocycles. The summed E-state index contributed by atoms with van der Waals surface area (Å²) in [7, 11) is 0. The summed E-state index contributed by atoms with van der Waals surface area (Å²) in [5, 5.41) is 0. The number of H-pyrrole nitrogens is 1. The molecule has 0 unspecified atom stereocenters. The normalized spacial score (nSPS) is 14.9. The minimum Gasteiger partial charge on any atom is -0.341 e. The monoisotopic (exact) mass is 201 g/mol. The van der Waals surface area contributed by atoms with Gasteiger partial charge in [0.05, 0.1) is 3.82 Å². The van der Waals surface area contributed by atoms with Gasteiger partial charge in [-0.25, -0.2) is 0 Å². The van der Waals surface area contributed by atoms with Crippen LogP contribution < -0.4 is 0 Å². The first-order chi connectivity index (χ1) is 5.27. The molecule has 0 aromatic carbocycles. The van der Waals surface area contributed by atoms with Crippen LogP contribution >= 0.6 is 35.8 Å². The van der Waals surface area contributed by atoms with Gasteiger partial charge in [-0.3, -0.25) is 0 Å². The maximum absolute atomic E-state index is 5.20. The Hall–Kier alpha value is -0.0600. The molecule has 2 rings (SSSR count). The highest BCUT2D eigenvalue weighted by molar-refractivity contribution is 7.75. The Balaban J connectivity index is 2.80. The summed E-state index contributed by atoms with van der Waals surface area (Å²) in [5.41, 5.74) is 2.61. The number of aromatic amines is 1. The van der Waals surface area contributed by atoms with Crippen molar-refractivity contribution in [3.05, 3.63) is 19.0 Å². The number of rotatable bonds is 0. The maximum atomic E-state index is 5.20. The predicted molar refractivity (Wildman–Crippen MR) is 52.4 cm³/mol. The molecule has 1 aliphatic rings. The van der Waals surface area contributed by atoms with Gasteiger partial charge in [-0.15, -0.1) is 0 Å². The number of fused-ring (bicyclic) bond motifs is 1. The van der Waals surface area contributed by atoms with Crippen molar-refractivity contribution in [2.75, 3.05) is 0 Å². The van der Waals surface area contributed by atoms with E-state index in [-0.39, 0.29) is 0 Å². The minimum atomic E-state index is 0.815. The minimum absolute atomic E-state index is 0.815. The highest BCUT2D eigenvalue weighted by Gasteiger charge is 2.12. The lowest BCUT2D eigenvalue weighted by Gasteiger charge is -1.95. The van der Waals surface area contributed by atoms with Gasteiger partial charge in [-0.1, -0.05) is 23.6 Å². The van der Waals surface area contributed by atoms with Crippen molar-refractivity contribution in [1.82, 2.24) is 4.98 Å². The van der Waals surface area contributed by atoms with Gasteiger partial charge in [0.25, 0.3) is 0 Å². The lowest BCUT2D eigenvalue weighted by atomic mass is 10.3. The summed E-state index contributed by atoms with van der Waals surface area (Å²) < 4.78 is 1.80. The van der Waals surface area contributed by atoms with Crippen LogP contribution in [0.25, 0.3) is 0 Å². The fraction of sp³-hybridized carbons (Fsp3) is 0.429. The van der Waals surface area contributed by atoms with Crippen molar-refractivity contribution < 1.29 is 0 Å². The van der Waals surface area contributed by atoms with E-state index in [9.17, 15) is 0 Å². The molecule has 1 aromatic heterocycles. The molecule has 0 bridgehead atoms. The third-order valence-corrected chi connectivity index (χ3v) is 3.47. The van der Waals surface area contributed by atoms with Gasteiger partial charge in [0.1, 0.15) is 0 Å². The average Bonchev–Trinajstić information content (AvgIpc) is 2.34. The van der Waals surface area contributed by atoms with Crippen LogP contribution in [0.2, 0.25) is 0 Å². The molecule has 0 spiro atoms. The summed E-state index contributed by atoms with van der Waals surface area (Å²) in [6, 6.07) is 0. The Morgan fingerprint density at radius 1 is 1.27 bits per heavy atom. The number of aromatic nitrogens is 1. The third-order valence-electron chi connectivity index (χ3n) is 1.90. The lowest BCUT2D eigenvalue weighted by molar-refractivity contribution is 0.898. The van der Waals surface area contributed by atoms with E-state index in [1.807, 2.05) is 0 Å². The largest absolute Gasteiger partial charge is 0.341 e. The van der Waals surface area contributed by atoms with Crippen molar-refractivity contribution in [3.8, 4) is 0 Å². The Morgan fingerprint density at radius 2 is 2.09 bits per heavy atom. The Bertz CT molecular complexity index is 387. The van der Waals surface area contributed by atoms with Gasteiger partial charge in [-0.2, -0.15) is 0 Å². The summed E-state index contributed by atoms with van der Waals surface area (Å²) in [5.74, 6) is 0. The van der Waals surface area contributed by atoms with Crippen LogP contribution in [0.3, 0.4) is 0 Å². The summed E-state index contributed by atoms with van der Waals surface area (Å²) >= 11 is 11.7. The standard InChI is InChI=1S/C7H7NS3/c9-6-4-2-1-3-5(4)8-7(10)11-6/h1-3H2,(H,8,10). The second kappa shape index (κ2) is 2.77. The van der Waals surface area contributed by atoms with Crippen molar-refractivity contribution in [3.63, 3.8) is 0 Å².